The Morgan fingerprint density at radius 1 is 1.15 bits per heavy atom. The highest BCUT2D eigenvalue weighted by molar-refractivity contribution is 5.95. The van der Waals surface area contributed by atoms with Gasteiger partial charge in [0.15, 0.2) is 0 Å². The maximum absolute atomic E-state index is 10.9. The van der Waals surface area contributed by atoms with Crippen LogP contribution in [0.2, 0.25) is 0 Å². The lowest BCUT2D eigenvalue weighted by Crippen LogP contribution is -2.05. The molecule has 0 aliphatic rings. The van der Waals surface area contributed by atoms with Gasteiger partial charge in [-0.25, -0.2) is 4.79 Å². The standard InChI is InChI=1S/C21H23N3O2/c1-13(2)16-7-8-17-18(9-16)19(10-22)24-12-20(17)23-11-14-3-5-15(6-4-14)21(25)26/h3-9,12-13,23H,10-11,22H2,1-2H3,(H,25,26). The van der Waals surface area contributed by atoms with Crippen LogP contribution < -0.4 is 11.1 Å². The second-order valence-corrected chi connectivity index (χ2v) is 6.64. The van der Waals surface area contributed by atoms with Crippen LogP contribution >= 0.6 is 0 Å². The van der Waals surface area contributed by atoms with Gasteiger partial charge in [0.25, 0.3) is 0 Å². The van der Waals surface area contributed by atoms with Crippen molar-refractivity contribution in [3.05, 3.63) is 71.0 Å². The van der Waals surface area contributed by atoms with Gasteiger partial charge in [0, 0.05) is 23.9 Å². The molecular weight excluding hydrogens is 326 g/mol. The molecule has 5 heteroatoms. The molecule has 1 aromatic heterocycles. The lowest BCUT2D eigenvalue weighted by Gasteiger charge is -2.14. The zero-order valence-corrected chi connectivity index (χ0v) is 15.0. The minimum absolute atomic E-state index is 0.286. The smallest absolute Gasteiger partial charge is 0.335 e. The Morgan fingerprint density at radius 3 is 2.50 bits per heavy atom. The molecule has 26 heavy (non-hydrogen) atoms. The number of nitrogens with zero attached hydrogens (tertiary/aromatic N) is 1. The van der Waals surface area contributed by atoms with Crippen LogP contribution in [0, 0.1) is 0 Å². The maximum atomic E-state index is 10.9. The summed E-state index contributed by atoms with van der Waals surface area (Å²) in [5, 5.41) is 14.5. The number of benzene rings is 2. The van der Waals surface area contributed by atoms with E-state index in [9.17, 15) is 4.79 Å². The molecule has 134 valence electrons. The van der Waals surface area contributed by atoms with Crippen LogP contribution in [0.25, 0.3) is 10.8 Å². The number of anilines is 1. The minimum atomic E-state index is -0.918. The molecule has 5 nitrogen and oxygen atoms in total. The number of carbonyl (C=O) groups is 1. The number of fused-ring (bicyclic) bond motifs is 1. The highest BCUT2D eigenvalue weighted by atomic mass is 16.4. The molecule has 0 aliphatic heterocycles. The lowest BCUT2D eigenvalue weighted by atomic mass is 9.98. The van der Waals surface area contributed by atoms with Crippen molar-refractivity contribution in [3.8, 4) is 0 Å². The summed E-state index contributed by atoms with van der Waals surface area (Å²) in [6.45, 7) is 5.32. The normalized spacial score (nSPS) is 11.1. The summed E-state index contributed by atoms with van der Waals surface area (Å²) < 4.78 is 0. The second-order valence-electron chi connectivity index (χ2n) is 6.64. The molecule has 3 rings (SSSR count). The van der Waals surface area contributed by atoms with E-state index in [1.165, 1.54) is 5.56 Å². The highest BCUT2D eigenvalue weighted by Gasteiger charge is 2.09. The Balaban J connectivity index is 1.89. The number of pyridine rings is 1. The third kappa shape index (κ3) is 3.68. The summed E-state index contributed by atoms with van der Waals surface area (Å²) in [6.07, 6.45) is 1.81. The number of nitrogens with one attached hydrogen (secondary N) is 1. The van der Waals surface area contributed by atoms with Crippen molar-refractivity contribution in [2.75, 3.05) is 5.32 Å². The summed E-state index contributed by atoms with van der Waals surface area (Å²) >= 11 is 0. The number of hydrogen-bond acceptors (Lipinski definition) is 4. The molecule has 1 heterocycles. The van der Waals surface area contributed by atoms with Crippen molar-refractivity contribution in [3.63, 3.8) is 0 Å². The molecule has 0 spiro atoms. The Morgan fingerprint density at radius 2 is 1.88 bits per heavy atom. The summed E-state index contributed by atoms with van der Waals surface area (Å²) in [5.41, 5.74) is 10.2. The fraction of sp³-hybridized carbons (Fsp3) is 0.238. The number of nitrogens with two attached hydrogens (primary N) is 1. The Kier molecular flexibility index (Phi) is 5.19. The number of aromatic carboxylic acids is 1. The first kappa shape index (κ1) is 17.9. The van der Waals surface area contributed by atoms with Crippen molar-refractivity contribution in [1.82, 2.24) is 4.98 Å². The van der Waals surface area contributed by atoms with Gasteiger partial charge >= 0.3 is 5.97 Å². The van der Waals surface area contributed by atoms with Crippen molar-refractivity contribution in [2.24, 2.45) is 5.73 Å². The fourth-order valence-corrected chi connectivity index (χ4v) is 2.94. The second kappa shape index (κ2) is 7.54. The predicted molar refractivity (Wildman–Crippen MR) is 104 cm³/mol. The SMILES string of the molecule is CC(C)c1ccc2c(NCc3ccc(C(=O)O)cc3)cnc(CN)c2c1. The molecule has 2 aromatic carbocycles. The maximum Gasteiger partial charge on any atom is 0.335 e. The predicted octanol–water partition coefficient (Wildman–Crippen LogP) is 4.13. The minimum Gasteiger partial charge on any atom is -0.478 e. The number of aromatic nitrogens is 1. The van der Waals surface area contributed by atoms with Gasteiger partial charge < -0.3 is 16.2 Å². The van der Waals surface area contributed by atoms with Gasteiger partial charge in [-0.1, -0.05) is 38.1 Å². The summed E-state index contributed by atoms with van der Waals surface area (Å²) in [7, 11) is 0. The molecule has 0 bridgehead atoms. The van der Waals surface area contributed by atoms with Crippen LogP contribution in [0.5, 0.6) is 0 Å². The number of carboxylic acids is 1. The van der Waals surface area contributed by atoms with Crippen LogP contribution in [0.4, 0.5) is 5.69 Å². The van der Waals surface area contributed by atoms with Gasteiger partial charge in [-0.2, -0.15) is 0 Å². The number of carboxylic acid groups (broad SMARTS) is 1. The third-order valence-electron chi connectivity index (χ3n) is 4.54. The molecule has 3 aromatic rings. The van der Waals surface area contributed by atoms with Crippen molar-refractivity contribution < 1.29 is 9.90 Å². The average molecular weight is 349 g/mol. The van der Waals surface area contributed by atoms with Gasteiger partial charge in [0.05, 0.1) is 23.1 Å². The molecule has 0 radical (unpaired) electrons. The quantitative estimate of drug-likeness (QED) is 0.623. The largest absolute Gasteiger partial charge is 0.478 e. The molecule has 0 aliphatic carbocycles. The molecule has 0 atom stereocenters. The van der Waals surface area contributed by atoms with Crippen LogP contribution in [0.3, 0.4) is 0 Å². The Bertz CT molecular complexity index is 934. The van der Waals surface area contributed by atoms with E-state index in [1.54, 1.807) is 12.1 Å². The van der Waals surface area contributed by atoms with Crippen LogP contribution in [0.1, 0.15) is 46.9 Å². The Hall–Kier alpha value is -2.92. The first-order valence-corrected chi connectivity index (χ1v) is 8.67. The van der Waals surface area contributed by atoms with Crippen molar-refractivity contribution >= 4 is 22.4 Å². The van der Waals surface area contributed by atoms with Gasteiger partial charge in [0.2, 0.25) is 0 Å². The first-order chi connectivity index (χ1) is 12.5. The van der Waals surface area contributed by atoms with E-state index < -0.39 is 5.97 Å². The van der Waals surface area contributed by atoms with E-state index in [2.05, 4.69) is 42.3 Å². The van der Waals surface area contributed by atoms with Crippen LogP contribution in [-0.2, 0) is 13.1 Å². The van der Waals surface area contributed by atoms with Gasteiger partial charge in [0.1, 0.15) is 0 Å². The van der Waals surface area contributed by atoms with E-state index in [0.717, 1.165) is 27.7 Å². The van der Waals surface area contributed by atoms with Gasteiger partial charge in [-0.15, -0.1) is 0 Å². The van der Waals surface area contributed by atoms with Gasteiger partial charge in [-0.3, -0.25) is 4.98 Å². The first-order valence-electron chi connectivity index (χ1n) is 8.67. The molecule has 0 amide bonds. The Labute approximate surface area is 152 Å². The van der Waals surface area contributed by atoms with E-state index in [0.29, 0.717) is 19.0 Å². The topological polar surface area (TPSA) is 88.2 Å². The molecule has 0 fully saturated rings. The van der Waals surface area contributed by atoms with E-state index in [-0.39, 0.29) is 5.56 Å². The van der Waals surface area contributed by atoms with E-state index in [4.69, 9.17) is 10.8 Å². The molecule has 0 saturated carbocycles. The van der Waals surface area contributed by atoms with Crippen LogP contribution in [-0.4, -0.2) is 16.1 Å². The summed E-state index contributed by atoms with van der Waals surface area (Å²) in [5.74, 6) is -0.479. The molecule has 0 unspecified atom stereocenters. The number of hydrogen-bond donors (Lipinski definition) is 3. The zero-order chi connectivity index (χ0) is 18.7. The zero-order valence-electron chi connectivity index (χ0n) is 15.0. The summed E-state index contributed by atoms with van der Waals surface area (Å²) in [4.78, 5) is 15.4. The van der Waals surface area contributed by atoms with Gasteiger partial charge in [-0.05, 0) is 35.2 Å². The van der Waals surface area contributed by atoms with Crippen LogP contribution in [0.15, 0.2) is 48.7 Å². The van der Waals surface area contributed by atoms with Crippen molar-refractivity contribution in [2.45, 2.75) is 32.9 Å². The molecule has 4 N–H and O–H groups in total. The highest BCUT2D eigenvalue weighted by Crippen LogP contribution is 2.29. The summed E-state index contributed by atoms with van der Waals surface area (Å²) in [6, 6.07) is 13.3. The average Bonchev–Trinajstić information content (AvgIpc) is 2.65. The third-order valence-corrected chi connectivity index (χ3v) is 4.54. The molecular formula is C21H23N3O2. The lowest BCUT2D eigenvalue weighted by molar-refractivity contribution is 0.0697. The van der Waals surface area contributed by atoms with E-state index >= 15 is 0 Å². The molecule has 0 saturated heterocycles. The monoisotopic (exact) mass is 349 g/mol. The number of rotatable bonds is 6. The fourth-order valence-electron chi connectivity index (χ4n) is 2.94. The van der Waals surface area contributed by atoms with E-state index in [1.807, 2.05) is 18.3 Å². The van der Waals surface area contributed by atoms with Crippen molar-refractivity contribution in [1.29, 1.82) is 0 Å².